The number of nitrogens with zero attached hydrogens (tertiary/aromatic N) is 2. The first-order valence-corrected chi connectivity index (χ1v) is 4.32. The predicted octanol–water partition coefficient (Wildman–Crippen LogP) is 2.14. The Morgan fingerprint density at radius 3 is 2.25 bits per heavy atom. The first-order valence-electron chi connectivity index (χ1n) is 4.32. The number of hydrogen-bond acceptors (Lipinski definition) is 3. The first kappa shape index (κ1) is 10.4. The van der Waals surface area contributed by atoms with E-state index in [0.29, 0.717) is 0 Å². The number of anilines is 1. The standard InChI is InChI=1S/C10H6F3N3/c11-5-2-1-3-6(12)8(5)9-7(13)4-15-10(14)16-9/h1-4H,(H2,14,15,16). The van der Waals surface area contributed by atoms with Crippen LogP contribution >= 0.6 is 0 Å². The smallest absolute Gasteiger partial charge is 0.220 e. The first-order chi connectivity index (χ1) is 7.59. The number of nitrogen functional groups attached to an aromatic ring is 1. The molecule has 1 heterocycles. The van der Waals surface area contributed by atoms with Gasteiger partial charge in [-0.3, -0.25) is 0 Å². The average Bonchev–Trinajstić information content (AvgIpc) is 2.23. The molecule has 0 unspecified atom stereocenters. The van der Waals surface area contributed by atoms with Crippen LogP contribution in [0.2, 0.25) is 0 Å². The fourth-order valence-corrected chi connectivity index (χ4v) is 1.28. The Morgan fingerprint density at radius 2 is 1.62 bits per heavy atom. The number of benzene rings is 1. The minimum absolute atomic E-state index is 0.251. The molecule has 0 atom stereocenters. The van der Waals surface area contributed by atoms with E-state index < -0.39 is 28.7 Å². The maximum absolute atomic E-state index is 13.3. The van der Waals surface area contributed by atoms with Crippen molar-refractivity contribution in [2.45, 2.75) is 0 Å². The molecule has 82 valence electrons. The quantitative estimate of drug-likeness (QED) is 0.808. The van der Waals surface area contributed by atoms with Gasteiger partial charge in [0.2, 0.25) is 5.95 Å². The van der Waals surface area contributed by atoms with Crippen LogP contribution in [0, 0.1) is 17.5 Å². The van der Waals surface area contributed by atoms with Gasteiger partial charge in [-0.1, -0.05) is 6.07 Å². The number of nitrogens with two attached hydrogens (primary N) is 1. The summed E-state index contributed by atoms with van der Waals surface area (Å²) in [7, 11) is 0. The molecule has 0 amide bonds. The van der Waals surface area contributed by atoms with Gasteiger partial charge in [0.15, 0.2) is 5.82 Å². The van der Waals surface area contributed by atoms with Crippen molar-refractivity contribution in [1.82, 2.24) is 9.97 Å². The van der Waals surface area contributed by atoms with Gasteiger partial charge in [0.05, 0.1) is 11.8 Å². The Hall–Kier alpha value is -2.11. The van der Waals surface area contributed by atoms with Gasteiger partial charge < -0.3 is 5.73 Å². The summed E-state index contributed by atoms with van der Waals surface area (Å²) in [4.78, 5) is 6.85. The van der Waals surface area contributed by atoms with Gasteiger partial charge in [0, 0.05) is 0 Å². The zero-order valence-corrected chi connectivity index (χ0v) is 7.92. The van der Waals surface area contributed by atoms with Gasteiger partial charge >= 0.3 is 0 Å². The third kappa shape index (κ3) is 1.69. The van der Waals surface area contributed by atoms with E-state index in [1.807, 2.05) is 0 Å². The highest BCUT2D eigenvalue weighted by molar-refractivity contribution is 5.61. The molecule has 0 saturated heterocycles. The van der Waals surface area contributed by atoms with Crippen LogP contribution in [0.25, 0.3) is 11.3 Å². The van der Waals surface area contributed by atoms with Gasteiger partial charge in [-0.2, -0.15) is 0 Å². The maximum Gasteiger partial charge on any atom is 0.220 e. The van der Waals surface area contributed by atoms with Crippen molar-refractivity contribution in [2.24, 2.45) is 0 Å². The van der Waals surface area contributed by atoms with Gasteiger partial charge in [0.25, 0.3) is 0 Å². The maximum atomic E-state index is 13.3. The van der Waals surface area contributed by atoms with E-state index >= 15 is 0 Å². The zero-order valence-electron chi connectivity index (χ0n) is 7.92. The minimum atomic E-state index is -0.932. The van der Waals surface area contributed by atoms with Crippen molar-refractivity contribution in [3.63, 3.8) is 0 Å². The van der Waals surface area contributed by atoms with E-state index in [4.69, 9.17) is 5.73 Å². The van der Waals surface area contributed by atoms with E-state index in [0.717, 1.165) is 18.3 Å². The van der Waals surface area contributed by atoms with Gasteiger partial charge in [-0.15, -0.1) is 0 Å². The van der Waals surface area contributed by atoms with Crippen molar-refractivity contribution in [1.29, 1.82) is 0 Å². The number of halogens is 3. The summed E-state index contributed by atoms with van der Waals surface area (Å²) in [6.45, 7) is 0. The molecular weight excluding hydrogens is 219 g/mol. The Labute approximate surface area is 88.8 Å². The zero-order chi connectivity index (χ0) is 11.7. The molecule has 2 aromatic rings. The summed E-state index contributed by atoms with van der Waals surface area (Å²) in [5.41, 5.74) is 4.20. The van der Waals surface area contributed by atoms with Crippen LogP contribution in [0.1, 0.15) is 0 Å². The highest BCUT2D eigenvalue weighted by Crippen LogP contribution is 2.26. The predicted molar refractivity (Wildman–Crippen MR) is 51.8 cm³/mol. The molecule has 0 aliphatic rings. The molecule has 0 fully saturated rings. The highest BCUT2D eigenvalue weighted by Gasteiger charge is 2.17. The lowest BCUT2D eigenvalue weighted by atomic mass is 10.1. The molecule has 0 aliphatic carbocycles. The van der Waals surface area contributed by atoms with Crippen LogP contribution in [0.4, 0.5) is 19.1 Å². The topological polar surface area (TPSA) is 51.8 Å². The van der Waals surface area contributed by atoms with Crippen molar-refractivity contribution in [3.05, 3.63) is 41.8 Å². The largest absolute Gasteiger partial charge is 0.368 e. The van der Waals surface area contributed by atoms with Crippen molar-refractivity contribution in [2.75, 3.05) is 5.73 Å². The monoisotopic (exact) mass is 225 g/mol. The van der Waals surface area contributed by atoms with Crippen LogP contribution < -0.4 is 5.73 Å². The number of hydrogen-bond donors (Lipinski definition) is 1. The fraction of sp³-hybridized carbons (Fsp3) is 0. The normalized spacial score (nSPS) is 10.4. The van der Waals surface area contributed by atoms with E-state index in [9.17, 15) is 13.2 Å². The third-order valence-corrected chi connectivity index (χ3v) is 1.96. The Morgan fingerprint density at radius 1 is 1.00 bits per heavy atom. The summed E-state index contributed by atoms with van der Waals surface area (Å²) in [6.07, 6.45) is 0.767. The van der Waals surface area contributed by atoms with Crippen LogP contribution in [0.15, 0.2) is 24.4 Å². The lowest BCUT2D eigenvalue weighted by Gasteiger charge is -2.05. The summed E-state index contributed by atoms with van der Waals surface area (Å²) in [5, 5.41) is 0. The Bertz CT molecular complexity index is 523. The summed E-state index contributed by atoms with van der Waals surface area (Å²) in [6, 6.07) is 3.20. The molecule has 0 radical (unpaired) electrons. The Balaban J connectivity index is 2.72. The minimum Gasteiger partial charge on any atom is -0.368 e. The molecule has 3 nitrogen and oxygen atoms in total. The molecule has 16 heavy (non-hydrogen) atoms. The van der Waals surface area contributed by atoms with E-state index in [1.54, 1.807) is 0 Å². The second kappa shape index (κ2) is 3.80. The number of aromatic nitrogens is 2. The molecule has 1 aromatic heterocycles. The van der Waals surface area contributed by atoms with Gasteiger partial charge in [-0.25, -0.2) is 23.1 Å². The fourth-order valence-electron chi connectivity index (χ4n) is 1.28. The molecule has 2 N–H and O–H groups in total. The van der Waals surface area contributed by atoms with E-state index in [-0.39, 0.29) is 5.95 Å². The summed E-state index contributed by atoms with van der Waals surface area (Å²) >= 11 is 0. The SMILES string of the molecule is Nc1ncc(F)c(-c2c(F)cccc2F)n1. The average molecular weight is 225 g/mol. The molecule has 0 aliphatic heterocycles. The summed E-state index contributed by atoms with van der Waals surface area (Å²) in [5.74, 6) is -2.99. The van der Waals surface area contributed by atoms with Crippen LogP contribution in [0.3, 0.4) is 0 Å². The molecule has 0 spiro atoms. The molecule has 0 bridgehead atoms. The van der Waals surface area contributed by atoms with Gasteiger partial charge in [0.1, 0.15) is 17.3 Å². The summed E-state index contributed by atoms with van der Waals surface area (Å²) < 4.78 is 40.0. The molecule has 0 saturated carbocycles. The van der Waals surface area contributed by atoms with Crippen LogP contribution in [0.5, 0.6) is 0 Å². The number of rotatable bonds is 1. The van der Waals surface area contributed by atoms with Crippen molar-refractivity contribution >= 4 is 5.95 Å². The Kier molecular flexibility index (Phi) is 2.47. The van der Waals surface area contributed by atoms with E-state index in [2.05, 4.69) is 9.97 Å². The van der Waals surface area contributed by atoms with Crippen molar-refractivity contribution < 1.29 is 13.2 Å². The van der Waals surface area contributed by atoms with Crippen LogP contribution in [-0.2, 0) is 0 Å². The lowest BCUT2D eigenvalue weighted by molar-refractivity contribution is 0.577. The van der Waals surface area contributed by atoms with Crippen molar-refractivity contribution in [3.8, 4) is 11.3 Å². The molecule has 6 heteroatoms. The second-order valence-electron chi connectivity index (χ2n) is 3.02. The third-order valence-electron chi connectivity index (χ3n) is 1.96. The highest BCUT2D eigenvalue weighted by atomic mass is 19.1. The molecular formula is C10H6F3N3. The second-order valence-corrected chi connectivity index (χ2v) is 3.02. The lowest BCUT2D eigenvalue weighted by Crippen LogP contribution is -2.01. The molecule has 2 rings (SSSR count). The van der Waals surface area contributed by atoms with Crippen LogP contribution in [-0.4, -0.2) is 9.97 Å². The van der Waals surface area contributed by atoms with Gasteiger partial charge in [-0.05, 0) is 12.1 Å². The van der Waals surface area contributed by atoms with E-state index in [1.165, 1.54) is 6.07 Å². The molecule has 1 aromatic carbocycles.